The molecule has 6 rings (SSSR count). The lowest BCUT2D eigenvalue weighted by molar-refractivity contribution is 1.04. The second kappa shape index (κ2) is 14.1. The molecule has 0 fully saturated rings. The lowest BCUT2D eigenvalue weighted by Crippen LogP contribution is -1.98. The average molecular weight is 587 g/mol. The van der Waals surface area contributed by atoms with Gasteiger partial charge in [0.2, 0.25) is 0 Å². The quantitative estimate of drug-likeness (QED) is 0.149. The van der Waals surface area contributed by atoms with Gasteiger partial charge in [0.25, 0.3) is 0 Å². The summed E-state index contributed by atoms with van der Waals surface area (Å²) in [6.45, 7) is 2.25. The van der Waals surface area contributed by atoms with E-state index >= 15 is 0 Å². The fraction of sp³-hybridized carbons (Fsp3) is 0.163. The highest BCUT2D eigenvalue weighted by Gasteiger charge is 2.07. The summed E-state index contributed by atoms with van der Waals surface area (Å²) < 4.78 is 0. The van der Waals surface area contributed by atoms with Gasteiger partial charge >= 0.3 is 0 Å². The maximum Gasteiger partial charge on any atom is 0.0314 e. The Balaban J connectivity index is 1.02. The second-order valence-corrected chi connectivity index (χ2v) is 12.3. The summed E-state index contributed by atoms with van der Waals surface area (Å²) in [6.07, 6.45) is 5.74. The molecule has 0 amide bonds. The average Bonchev–Trinajstić information content (AvgIpc) is 3.06. The molecule has 0 heterocycles. The molecule has 0 aliphatic rings. The smallest absolute Gasteiger partial charge is 0.0314 e. The first kappa shape index (κ1) is 30.0. The third-order valence-electron chi connectivity index (χ3n) is 8.71. The van der Waals surface area contributed by atoms with E-state index < -0.39 is 0 Å². The molecule has 2 nitrogen and oxygen atoms in total. The molecule has 224 valence electrons. The van der Waals surface area contributed by atoms with Crippen LogP contribution in [0, 0.1) is 0 Å². The minimum absolute atomic E-state index is 0.809. The summed E-state index contributed by atoms with van der Waals surface area (Å²) in [6, 6.07) is 50.6. The first-order chi connectivity index (χ1) is 22.0. The summed E-state index contributed by atoms with van der Waals surface area (Å²) in [5.74, 6) is 0. The van der Waals surface area contributed by atoms with Gasteiger partial charge in [-0.2, -0.15) is 0 Å². The standard InChI is InChI=1S/C43H42N2/c1-2-40-30-39(28-37-18-23-43(45)24-19-37)15-20-41(40)29-38-13-11-35(12-14-38)26-33-5-3-31(4-6-33)25-32-7-9-34(10-8-32)27-36-16-21-42(44)22-17-36/h3-24,30H,2,25-29,44-45H2,1H3. The molecule has 0 bridgehead atoms. The Morgan fingerprint density at radius 2 is 0.578 bits per heavy atom. The van der Waals surface area contributed by atoms with E-state index in [0.717, 1.165) is 49.9 Å². The monoisotopic (exact) mass is 586 g/mol. The number of hydrogen-bond acceptors (Lipinski definition) is 2. The number of benzene rings is 6. The van der Waals surface area contributed by atoms with Crippen LogP contribution in [0.3, 0.4) is 0 Å². The summed E-state index contributed by atoms with van der Waals surface area (Å²) in [4.78, 5) is 0. The molecule has 6 aromatic carbocycles. The van der Waals surface area contributed by atoms with Crippen LogP contribution < -0.4 is 11.5 Å². The van der Waals surface area contributed by atoms with Crippen molar-refractivity contribution in [3.05, 3.63) is 201 Å². The summed E-state index contributed by atoms with van der Waals surface area (Å²) >= 11 is 0. The van der Waals surface area contributed by atoms with Crippen LogP contribution in [0.5, 0.6) is 0 Å². The number of nitrogen functional groups attached to an aromatic ring is 2. The number of anilines is 2. The maximum atomic E-state index is 5.86. The van der Waals surface area contributed by atoms with Crippen LogP contribution in [-0.4, -0.2) is 0 Å². The molecular weight excluding hydrogens is 544 g/mol. The van der Waals surface area contributed by atoms with Gasteiger partial charge in [-0.15, -0.1) is 0 Å². The Morgan fingerprint density at radius 1 is 0.311 bits per heavy atom. The zero-order chi connectivity index (χ0) is 31.0. The fourth-order valence-corrected chi connectivity index (χ4v) is 6.05. The van der Waals surface area contributed by atoms with Crippen LogP contribution in [0.25, 0.3) is 0 Å². The van der Waals surface area contributed by atoms with Crippen LogP contribution in [0.15, 0.2) is 140 Å². The van der Waals surface area contributed by atoms with Gasteiger partial charge in [-0.1, -0.05) is 122 Å². The number of hydrogen-bond donors (Lipinski definition) is 2. The molecule has 0 radical (unpaired) electrons. The van der Waals surface area contributed by atoms with Gasteiger partial charge in [0.1, 0.15) is 0 Å². The van der Waals surface area contributed by atoms with Gasteiger partial charge in [0.05, 0.1) is 0 Å². The highest BCUT2D eigenvalue weighted by Crippen LogP contribution is 2.22. The highest BCUT2D eigenvalue weighted by molar-refractivity contribution is 5.43. The van der Waals surface area contributed by atoms with Crippen LogP contribution in [-0.2, 0) is 38.5 Å². The summed E-state index contributed by atoms with van der Waals surface area (Å²) in [5.41, 5.74) is 28.1. The highest BCUT2D eigenvalue weighted by atomic mass is 14.5. The SMILES string of the molecule is CCc1cc(Cc2ccc(N)cc2)ccc1Cc1ccc(Cc2ccc(Cc3ccc(Cc4ccc(N)cc4)cc3)cc2)cc1. The van der Waals surface area contributed by atoms with E-state index in [0.29, 0.717) is 0 Å². The van der Waals surface area contributed by atoms with E-state index in [-0.39, 0.29) is 0 Å². The molecule has 0 aliphatic heterocycles. The number of nitrogens with two attached hydrogens (primary N) is 2. The Morgan fingerprint density at radius 3 is 0.911 bits per heavy atom. The predicted molar refractivity (Wildman–Crippen MR) is 191 cm³/mol. The lowest BCUT2D eigenvalue weighted by Gasteiger charge is -2.12. The largest absolute Gasteiger partial charge is 0.399 e. The zero-order valence-corrected chi connectivity index (χ0v) is 26.2. The topological polar surface area (TPSA) is 52.0 Å². The van der Waals surface area contributed by atoms with Crippen molar-refractivity contribution in [1.29, 1.82) is 0 Å². The fourth-order valence-electron chi connectivity index (χ4n) is 6.05. The Hall–Kier alpha value is -5.08. The van der Waals surface area contributed by atoms with Gasteiger partial charge in [0.15, 0.2) is 0 Å². The molecule has 0 unspecified atom stereocenters. The van der Waals surface area contributed by atoms with E-state index in [4.69, 9.17) is 11.5 Å². The van der Waals surface area contributed by atoms with Gasteiger partial charge in [-0.3, -0.25) is 0 Å². The molecule has 0 atom stereocenters. The third kappa shape index (κ3) is 8.31. The first-order valence-corrected chi connectivity index (χ1v) is 16.0. The molecule has 0 saturated heterocycles. The van der Waals surface area contributed by atoms with Crippen molar-refractivity contribution >= 4 is 11.4 Å². The van der Waals surface area contributed by atoms with Crippen molar-refractivity contribution in [2.24, 2.45) is 0 Å². The summed E-state index contributed by atoms with van der Waals surface area (Å²) in [5, 5.41) is 0. The molecule has 6 aromatic rings. The van der Waals surface area contributed by atoms with Crippen LogP contribution >= 0.6 is 0 Å². The van der Waals surface area contributed by atoms with Gasteiger partial charge in [-0.25, -0.2) is 0 Å². The van der Waals surface area contributed by atoms with Crippen LogP contribution in [0.1, 0.15) is 68.1 Å². The third-order valence-corrected chi connectivity index (χ3v) is 8.71. The molecule has 0 aromatic heterocycles. The van der Waals surface area contributed by atoms with E-state index in [1.807, 2.05) is 24.3 Å². The predicted octanol–water partition coefficient (Wildman–Crippen LogP) is 9.37. The van der Waals surface area contributed by atoms with Crippen molar-refractivity contribution in [3.63, 3.8) is 0 Å². The number of rotatable bonds is 11. The molecule has 45 heavy (non-hydrogen) atoms. The zero-order valence-electron chi connectivity index (χ0n) is 26.2. The van der Waals surface area contributed by atoms with E-state index in [2.05, 4.69) is 122 Å². The maximum absolute atomic E-state index is 5.86. The van der Waals surface area contributed by atoms with Crippen molar-refractivity contribution < 1.29 is 0 Å². The van der Waals surface area contributed by atoms with Crippen molar-refractivity contribution in [2.75, 3.05) is 11.5 Å². The molecule has 2 heteroatoms. The normalized spacial score (nSPS) is 11.0. The van der Waals surface area contributed by atoms with Gasteiger partial charge in [-0.05, 0) is 124 Å². The van der Waals surface area contributed by atoms with Crippen LogP contribution in [0.4, 0.5) is 11.4 Å². The molecule has 4 N–H and O–H groups in total. The van der Waals surface area contributed by atoms with Gasteiger partial charge in [0, 0.05) is 11.4 Å². The number of aryl methyl sites for hydroxylation is 1. The molecule has 0 spiro atoms. The van der Waals surface area contributed by atoms with Crippen molar-refractivity contribution in [3.8, 4) is 0 Å². The first-order valence-electron chi connectivity index (χ1n) is 16.0. The molecular formula is C43H42N2. The Bertz CT molecular complexity index is 1810. The lowest BCUT2D eigenvalue weighted by atomic mass is 9.93. The van der Waals surface area contributed by atoms with E-state index in [1.165, 1.54) is 61.2 Å². The van der Waals surface area contributed by atoms with E-state index in [9.17, 15) is 0 Å². The minimum Gasteiger partial charge on any atom is -0.399 e. The second-order valence-electron chi connectivity index (χ2n) is 12.3. The van der Waals surface area contributed by atoms with Gasteiger partial charge < -0.3 is 11.5 Å². The molecule has 0 aliphatic carbocycles. The minimum atomic E-state index is 0.809. The van der Waals surface area contributed by atoms with E-state index in [1.54, 1.807) is 0 Å². The van der Waals surface area contributed by atoms with Crippen molar-refractivity contribution in [1.82, 2.24) is 0 Å². The Labute approximate surface area is 268 Å². The Kier molecular flexibility index (Phi) is 9.41. The summed E-state index contributed by atoms with van der Waals surface area (Å²) in [7, 11) is 0. The van der Waals surface area contributed by atoms with Crippen molar-refractivity contribution in [2.45, 2.75) is 45.4 Å². The molecule has 0 saturated carbocycles. The van der Waals surface area contributed by atoms with Crippen LogP contribution in [0.2, 0.25) is 0 Å².